The Morgan fingerprint density at radius 3 is 1.17 bits per heavy atom. The van der Waals surface area contributed by atoms with Gasteiger partial charge in [0.05, 0.1) is 73.3 Å². The SMILES string of the molecule is C#CCOC1CC(/C=C/C2=[N+](CCCCS(=O)(=O)[O-])c3ccc4cc(C)ccc4c3C2(C)C)=C(CCCNC)C(=C/C=C2/N(CCCCS(=O)(=O)[O-])c3ccc4cc(S(=O)(=O)[O-])ccc4c3C2(C)C)/C1.C#CCOC1CC(/C=C/C2=[N+](CCCCS(=O)(=O)[O-])c3ccc4cc(C)ccc4c3C2(C)C)=C(Cl)C(=C/C=C2/N(CCCCS(=O)(=O)[O-])c3ccc4cc(S(=O)(=O)[O-])ccc4c3C2(C)C)/C1.CCCNC.[Na+].[Na+].[Na+].[Na+]. The van der Waals surface area contributed by atoms with Crippen LogP contribution in [0, 0.1) is 38.5 Å². The molecule has 2 atom stereocenters. The Hall–Kier alpha value is -5.63. The van der Waals surface area contributed by atoms with Gasteiger partial charge in [-0.1, -0.05) is 154 Å². The molecule has 0 saturated carbocycles. The topological polar surface area (TPSA) is 398 Å². The summed E-state index contributed by atoms with van der Waals surface area (Å²) in [7, 11) is -23.1. The third-order valence-corrected chi connectivity index (χ3v) is 32.7. The molecule has 6 aliphatic rings. The first-order valence-corrected chi connectivity index (χ1v) is 57.2. The van der Waals surface area contributed by atoms with Crippen LogP contribution >= 0.6 is 11.6 Å². The molecule has 37 heteroatoms. The summed E-state index contributed by atoms with van der Waals surface area (Å²) in [4.78, 5) is 3.57. The van der Waals surface area contributed by atoms with Crippen LogP contribution in [0.4, 0.5) is 22.7 Å². The van der Waals surface area contributed by atoms with E-state index in [1.807, 2.05) is 58.3 Å². The monoisotopic (exact) mass is 2150 g/mol. The van der Waals surface area contributed by atoms with Gasteiger partial charge in [-0.3, -0.25) is 0 Å². The second-order valence-electron chi connectivity index (χ2n) is 39.1. The first-order valence-electron chi connectivity index (χ1n) is 47.7. The fraction of sp³-hybridized carbons (Fsp3) is 0.426. The van der Waals surface area contributed by atoms with Crippen molar-refractivity contribution in [1.29, 1.82) is 0 Å². The van der Waals surface area contributed by atoms with Gasteiger partial charge in [-0.05, 0) is 282 Å². The van der Waals surface area contributed by atoms with Crippen LogP contribution in [0.15, 0.2) is 224 Å². The van der Waals surface area contributed by atoms with E-state index in [9.17, 15) is 77.8 Å². The van der Waals surface area contributed by atoms with Crippen LogP contribution in [0.25, 0.3) is 43.1 Å². The molecule has 756 valence electrons. The molecule has 0 aromatic heterocycles. The number of unbranched alkanes of at least 4 members (excludes halogenated alkanes) is 4. The molecule has 0 saturated heterocycles. The van der Waals surface area contributed by atoms with E-state index >= 15 is 0 Å². The van der Waals surface area contributed by atoms with E-state index in [0.29, 0.717) is 93.4 Å². The number of hydrogen-bond acceptors (Lipinski definition) is 24. The molecule has 2 unspecified atom stereocenters. The molecule has 0 spiro atoms. The van der Waals surface area contributed by atoms with Crippen LogP contribution in [0.5, 0.6) is 0 Å². The summed E-state index contributed by atoms with van der Waals surface area (Å²) >= 11 is 7.38. The van der Waals surface area contributed by atoms with Crippen molar-refractivity contribution < 1.29 is 215 Å². The van der Waals surface area contributed by atoms with Crippen molar-refractivity contribution in [2.75, 3.05) is 99.4 Å². The summed E-state index contributed by atoms with van der Waals surface area (Å²) in [6.07, 6.45) is 34.9. The molecule has 26 nitrogen and oxygen atoms in total. The van der Waals surface area contributed by atoms with Crippen molar-refractivity contribution in [3.8, 4) is 24.7 Å². The van der Waals surface area contributed by atoms with Gasteiger partial charge in [0.25, 0.3) is 0 Å². The minimum absolute atomic E-state index is 0. The van der Waals surface area contributed by atoms with Gasteiger partial charge in [0.2, 0.25) is 11.4 Å². The first-order chi connectivity index (χ1) is 66.3. The number of hydrogen-bond donors (Lipinski definition) is 2. The number of fused-ring (bicyclic) bond motifs is 12. The summed E-state index contributed by atoms with van der Waals surface area (Å²) in [5.41, 5.74) is 16.6. The molecule has 0 bridgehead atoms. The Balaban J connectivity index is 0.000000330. The van der Waals surface area contributed by atoms with Crippen LogP contribution in [-0.2, 0) is 91.8 Å². The number of nitrogens with zero attached hydrogens (tertiary/aromatic N) is 4. The van der Waals surface area contributed by atoms with E-state index in [1.165, 1.54) is 41.8 Å². The summed E-state index contributed by atoms with van der Waals surface area (Å²) in [5.74, 6) is 3.36. The van der Waals surface area contributed by atoms with Crippen LogP contribution in [-0.4, -0.2) is 200 Å². The number of benzene rings is 8. The van der Waals surface area contributed by atoms with Gasteiger partial charge in [-0.15, -0.1) is 12.8 Å². The van der Waals surface area contributed by atoms with Gasteiger partial charge < -0.3 is 57.2 Å². The van der Waals surface area contributed by atoms with E-state index in [2.05, 4.69) is 195 Å². The smallest absolute Gasteiger partial charge is 0.748 e. The van der Waals surface area contributed by atoms with Crippen LogP contribution in [0.2, 0.25) is 0 Å². The minimum Gasteiger partial charge on any atom is -0.748 e. The van der Waals surface area contributed by atoms with Gasteiger partial charge in [-0.25, -0.2) is 50.5 Å². The zero-order valence-electron chi connectivity index (χ0n) is 86.3. The van der Waals surface area contributed by atoms with Crippen molar-refractivity contribution in [2.24, 2.45) is 0 Å². The summed E-state index contributed by atoms with van der Waals surface area (Å²) < 4.78 is 227. The molecule has 2 aliphatic carbocycles. The molecule has 8 aromatic rings. The maximum atomic E-state index is 12.0. The molecular weight excluding hydrogens is 2020 g/mol. The molecule has 8 aromatic carbocycles. The van der Waals surface area contributed by atoms with E-state index in [0.717, 1.165) is 154 Å². The summed E-state index contributed by atoms with van der Waals surface area (Å²) in [6.45, 7) is 27.2. The third-order valence-electron chi connectivity index (χ3n) is 27.4. The maximum Gasteiger partial charge on any atom is 1.00 e. The standard InChI is InChI=1S/C54H65N3O10S3.C50H55ClN2O10S3.C4H11N.4Na/c1-8-30-67-42-34-39(18-25-49-53(3,4)51-45-21-15-37(2)33-38(45)16-23-47(51)56(49)28-9-11-31-68(58,59)60)44(14-13-27-55-7)40(35-42)19-26-50-54(5,6)52-46-22-20-43(70(64,65)66)36-41(46)17-24-48(52)57(50)29-10-12-32-69(61,62)63;1-7-26-63-38-30-36(15-22-44-49(3,4)46-40-18-12-33(2)29-34(40)13-20-42(46)52(44)24-8-10-27-64(54,55)56)48(51)37(31-38)16-23-45-50(5,6)47-41-19-17-39(66(60,61)62)32-35(41)14-21-43(47)53(45)25-9-11-28-65(57,58)59;1-3-4-5-2;;;;/h1,15-26,33,36,42,55H,9-14,27-32,34-35H2,2-7H3,(H2-,58,59,60,61,62,63,64,65,66);1,12-23,29,32,38H,8-11,24-28,30-31H2,2-6H3,(H2-,54,55,56,57,58,59,60,61,62);5H,3-4H2,1-2H3;;;;/q;;;4*+1/p-4. The van der Waals surface area contributed by atoms with Crippen LogP contribution < -0.4 is 139 Å². The predicted octanol–water partition coefficient (Wildman–Crippen LogP) is 5.84. The van der Waals surface area contributed by atoms with Crippen molar-refractivity contribution >= 4 is 150 Å². The number of rotatable bonds is 38. The Morgan fingerprint density at radius 1 is 0.428 bits per heavy atom. The molecular formula is C108H127ClN6Na4O20S6. The van der Waals surface area contributed by atoms with Gasteiger partial charge in [0.15, 0.2) is 11.4 Å². The quantitative estimate of drug-likeness (QED) is 0.0151. The van der Waals surface area contributed by atoms with Gasteiger partial charge in [-0.2, -0.15) is 9.15 Å². The number of halogens is 1. The predicted molar refractivity (Wildman–Crippen MR) is 556 cm³/mol. The Morgan fingerprint density at radius 2 is 0.786 bits per heavy atom. The van der Waals surface area contributed by atoms with Gasteiger partial charge in [0, 0.05) is 136 Å². The number of nitrogens with one attached hydrogen (secondary N) is 2. The average molecular weight is 2150 g/mol. The van der Waals surface area contributed by atoms with Crippen LogP contribution in [0.3, 0.4) is 0 Å². The van der Waals surface area contributed by atoms with E-state index in [4.69, 9.17) is 33.9 Å². The summed E-state index contributed by atoms with van der Waals surface area (Å²) in [6, 6.07) is 37.3. The fourth-order valence-corrected chi connectivity index (χ4v) is 24.4. The minimum atomic E-state index is -4.70. The van der Waals surface area contributed by atoms with E-state index < -0.39 is 105 Å². The number of allylic oxidation sites excluding steroid dienone is 12. The largest absolute Gasteiger partial charge is 1.00 e. The molecule has 0 radical (unpaired) electrons. The van der Waals surface area contributed by atoms with Crippen molar-refractivity contribution in [1.82, 2.24) is 10.6 Å². The average Bonchev–Trinajstić information content (AvgIpc) is 1.56. The normalized spacial score (nSPS) is 18.6. The van der Waals surface area contributed by atoms with Crippen molar-refractivity contribution in [3.05, 3.63) is 248 Å². The Kier molecular flexibility index (Phi) is 45.0. The van der Waals surface area contributed by atoms with Crippen molar-refractivity contribution in [3.63, 3.8) is 0 Å². The summed E-state index contributed by atoms with van der Waals surface area (Å²) in [5, 5.41) is 14.0. The maximum absolute atomic E-state index is 12.0. The van der Waals surface area contributed by atoms with E-state index in [-0.39, 0.29) is 179 Å². The first kappa shape index (κ1) is 125. The molecule has 0 amide bonds. The fourth-order valence-electron chi connectivity index (χ4n) is 20.9. The number of ether oxygens (including phenoxy) is 2. The van der Waals surface area contributed by atoms with Crippen LogP contribution in [0.1, 0.15) is 192 Å². The van der Waals surface area contributed by atoms with Crippen molar-refractivity contribution in [2.45, 2.75) is 216 Å². The zero-order valence-corrected chi connectivity index (χ0v) is 100. The zero-order chi connectivity index (χ0) is 103. The molecule has 4 heterocycles. The molecule has 0 fully saturated rings. The Labute approximate surface area is 951 Å². The number of terminal acetylenes is 2. The Bertz CT molecular complexity index is 7380. The number of aryl methyl sites for hydroxylation is 2. The van der Waals surface area contributed by atoms with E-state index in [1.54, 1.807) is 24.3 Å². The van der Waals surface area contributed by atoms with Gasteiger partial charge >= 0.3 is 118 Å². The molecule has 2 N–H and O–H groups in total. The number of anilines is 2. The second-order valence-corrected chi connectivity index (χ2v) is 48.3. The molecule has 145 heavy (non-hydrogen) atoms. The molecule has 14 rings (SSSR count). The van der Waals surface area contributed by atoms with Gasteiger partial charge in [0.1, 0.15) is 46.5 Å². The third kappa shape index (κ3) is 30.7. The second kappa shape index (κ2) is 52.3. The molecule has 4 aliphatic heterocycles.